The number of nitrogens with one attached hydrogen (secondary N) is 1. The van der Waals surface area contributed by atoms with Crippen LogP contribution in [0.1, 0.15) is 41.4 Å². The first-order valence-electron chi connectivity index (χ1n) is 11.7. The molecule has 0 bridgehead atoms. The maximum Gasteiger partial charge on any atom is 0.337 e. The van der Waals surface area contributed by atoms with Gasteiger partial charge in [-0.05, 0) is 44.2 Å². The number of aromatic carboxylic acids is 1. The molecule has 1 aliphatic heterocycles. The minimum Gasteiger partial charge on any atom is -0.478 e. The van der Waals surface area contributed by atoms with Crippen LogP contribution in [0.3, 0.4) is 0 Å². The smallest absolute Gasteiger partial charge is 0.337 e. The number of likely N-dealkylation sites (N-methyl/N-ethyl adjacent to an activating group) is 1. The molecule has 176 valence electrons. The number of aryl methyl sites for hydroxylation is 1. The molecule has 0 spiro atoms. The fourth-order valence-corrected chi connectivity index (χ4v) is 4.74. The highest BCUT2D eigenvalue weighted by Gasteiger charge is 2.23. The number of benzene rings is 2. The molecule has 9 heteroatoms. The van der Waals surface area contributed by atoms with E-state index < -0.39 is 5.97 Å². The number of nitrogens with zero attached hydrogens (tertiary/aromatic N) is 6. The number of hydrogen-bond acceptors (Lipinski definition) is 7. The number of carboxylic acid groups (broad SMARTS) is 1. The monoisotopic (exact) mass is 459 g/mol. The van der Waals surface area contributed by atoms with Crippen molar-refractivity contribution in [3.8, 4) is 0 Å². The molecule has 0 radical (unpaired) electrons. The average Bonchev–Trinajstić information content (AvgIpc) is 3.34. The molecule has 9 nitrogen and oxygen atoms in total. The Morgan fingerprint density at radius 2 is 1.94 bits per heavy atom. The van der Waals surface area contributed by atoms with Crippen LogP contribution in [0, 0.1) is 6.92 Å². The van der Waals surface area contributed by atoms with Crippen LogP contribution in [0.15, 0.2) is 42.7 Å². The van der Waals surface area contributed by atoms with Crippen molar-refractivity contribution in [2.75, 3.05) is 42.9 Å². The van der Waals surface area contributed by atoms with Gasteiger partial charge in [0.2, 0.25) is 5.95 Å². The molecule has 0 saturated carbocycles. The van der Waals surface area contributed by atoms with E-state index in [2.05, 4.69) is 44.4 Å². The van der Waals surface area contributed by atoms with E-state index in [4.69, 9.17) is 4.98 Å². The third kappa shape index (κ3) is 3.92. The number of para-hydroxylation sites is 1. The SMILES string of the molecule is CCN1CCN(c2nc3c(C(C)Nc4ccccc4C(=O)O)cc(C)cc3c3nncn23)CC1. The highest BCUT2D eigenvalue weighted by Crippen LogP contribution is 2.32. The van der Waals surface area contributed by atoms with Crippen LogP contribution in [0.5, 0.6) is 0 Å². The van der Waals surface area contributed by atoms with E-state index >= 15 is 0 Å². The Kier molecular flexibility index (Phi) is 5.79. The van der Waals surface area contributed by atoms with Gasteiger partial charge in [0.05, 0.1) is 17.1 Å². The summed E-state index contributed by atoms with van der Waals surface area (Å²) in [6.07, 6.45) is 1.73. The molecule has 3 heterocycles. The molecule has 1 atom stereocenters. The topological polar surface area (TPSA) is 98.9 Å². The van der Waals surface area contributed by atoms with Gasteiger partial charge in [-0.2, -0.15) is 0 Å². The number of anilines is 2. The van der Waals surface area contributed by atoms with E-state index in [-0.39, 0.29) is 11.6 Å². The number of piperazine rings is 1. The Morgan fingerprint density at radius 3 is 2.68 bits per heavy atom. The van der Waals surface area contributed by atoms with Gasteiger partial charge in [-0.25, -0.2) is 9.78 Å². The molecule has 2 aromatic heterocycles. The zero-order valence-corrected chi connectivity index (χ0v) is 19.7. The highest BCUT2D eigenvalue weighted by atomic mass is 16.4. The van der Waals surface area contributed by atoms with Crippen molar-refractivity contribution >= 4 is 34.2 Å². The van der Waals surface area contributed by atoms with Crippen molar-refractivity contribution in [2.24, 2.45) is 0 Å². The Bertz CT molecular complexity index is 1360. The van der Waals surface area contributed by atoms with Crippen LogP contribution in [0.25, 0.3) is 16.6 Å². The second-order valence-electron chi connectivity index (χ2n) is 8.82. The third-order valence-electron chi connectivity index (χ3n) is 6.60. The van der Waals surface area contributed by atoms with Crippen LogP contribution in [-0.4, -0.2) is 68.3 Å². The zero-order chi connectivity index (χ0) is 23.8. The van der Waals surface area contributed by atoms with Gasteiger partial charge in [-0.3, -0.25) is 4.40 Å². The first kappa shape index (κ1) is 22.1. The van der Waals surface area contributed by atoms with Crippen molar-refractivity contribution in [1.82, 2.24) is 24.5 Å². The number of aromatic nitrogens is 4. The lowest BCUT2D eigenvalue weighted by Gasteiger charge is -2.35. The molecule has 5 rings (SSSR count). The lowest BCUT2D eigenvalue weighted by atomic mass is 10.0. The number of hydrogen-bond donors (Lipinski definition) is 2. The van der Waals surface area contributed by atoms with Gasteiger partial charge >= 0.3 is 5.97 Å². The lowest BCUT2D eigenvalue weighted by molar-refractivity contribution is 0.0698. The molecule has 0 amide bonds. The fraction of sp³-hybridized carbons (Fsp3) is 0.360. The molecular weight excluding hydrogens is 430 g/mol. The standard InChI is InChI=1S/C25H29N7O2/c1-4-30-9-11-31(12-10-30)25-28-22-19(13-16(2)14-20(22)23-29-26-15-32(23)25)17(3)27-21-8-6-5-7-18(21)24(33)34/h5-8,13-15,17,27H,4,9-12H2,1-3H3,(H,33,34). The van der Waals surface area contributed by atoms with Crippen LogP contribution >= 0.6 is 0 Å². The van der Waals surface area contributed by atoms with Crippen LogP contribution in [0.4, 0.5) is 11.6 Å². The molecule has 4 aromatic rings. The summed E-state index contributed by atoms with van der Waals surface area (Å²) in [6, 6.07) is 11.0. The van der Waals surface area contributed by atoms with E-state index in [9.17, 15) is 9.90 Å². The molecule has 34 heavy (non-hydrogen) atoms. The van der Waals surface area contributed by atoms with Crippen molar-refractivity contribution < 1.29 is 9.90 Å². The maximum atomic E-state index is 11.7. The molecule has 0 aliphatic carbocycles. The highest BCUT2D eigenvalue weighted by molar-refractivity contribution is 5.96. The summed E-state index contributed by atoms with van der Waals surface area (Å²) >= 11 is 0. The Labute approximate surface area is 198 Å². The average molecular weight is 460 g/mol. The van der Waals surface area contributed by atoms with Gasteiger partial charge in [0.15, 0.2) is 5.65 Å². The van der Waals surface area contributed by atoms with E-state index in [0.29, 0.717) is 5.69 Å². The molecule has 2 aromatic carbocycles. The molecule has 1 saturated heterocycles. The summed E-state index contributed by atoms with van der Waals surface area (Å²) in [4.78, 5) is 21.6. The maximum absolute atomic E-state index is 11.7. The van der Waals surface area contributed by atoms with E-state index in [1.54, 1.807) is 24.5 Å². The van der Waals surface area contributed by atoms with Crippen molar-refractivity contribution in [1.29, 1.82) is 0 Å². The van der Waals surface area contributed by atoms with Gasteiger partial charge in [0.1, 0.15) is 6.33 Å². The van der Waals surface area contributed by atoms with Gasteiger partial charge in [-0.1, -0.05) is 25.1 Å². The predicted octanol–water partition coefficient (Wildman–Crippen LogP) is 3.60. The van der Waals surface area contributed by atoms with Crippen LogP contribution < -0.4 is 10.2 Å². The number of rotatable bonds is 6. The fourth-order valence-electron chi connectivity index (χ4n) is 4.74. The second kappa shape index (κ2) is 8.90. The first-order chi connectivity index (χ1) is 16.5. The quantitative estimate of drug-likeness (QED) is 0.451. The van der Waals surface area contributed by atoms with E-state index in [0.717, 1.165) is 66.3 Å². The molecule has 1 fully saturated rings. The van der Waals surface area contributed by atoms with Crippen molar-refractivity contribution in [3.05, 3.63) is 59.4 Å². The zero-order valence-electron chi connectivity index (χ0n) is 19.7. The van der Waals surface area contributed by atoms with E-state index in [1.807, 2.05) is 24.3 Å². The Hall–Kier alpha value is -3.72. The normalized spacial score (nSPS) is 15.7. The summed E-state index contributed by atoms with van der Waals surface area (Å²) in [5.74, 6) is -0.118. The van der Waals surface area contributed by atoms with Gasteiger partial charge in [0, 0.05) is 42.8 Å². The summed E-state index contributed by atoms with van der Waals surface area (Å²) in [7, 11) is 0. The summed E-state index contributed by atoms with van der Waals surface area (Å²) in [5, 5.41) is 22.6. The molecule has 2 N–H and O–H groups in total. The molecule has 1 unspecified atom stereocenters. The van der Waals surface area contributed by atoms with Crippen molar-refractivity contribution in [2.45, 2.75) is 26.8 Å². The first-order valence-corrected chi connectivity index (χ1v) is 11.7. The Morgan fingerprint density at radius 1 is 1.18 bits per heavy atom. The number of fused-ring (bicyclic) bond motifs is 3. The summed E-state index contributed by atoms with van der Waals surface area (Å²) in [6.45, 7) is 11.1. The van der Waals surface area contributed by atoms with Gasteiger partial charge in [-0.15, -0.1) is 10.2 Å². The largest absolute Gasteiger partial charge is 0.478 e. The molecular formula is C25H29N7O2. The second-order valence-corrected chi connectivity index (χ2v) is 8.82. The summed E-state index contributed by atoms with van der Waals surface area (Å²) < 4.78 is 1.98. The van der Waals surface area contributed by atoms with E-state index in [1.165, 1.54) is 0 Å². The van der Waals surface area contributed by atoms with Crippen LogP contribution in [-0.2, 0) is 0 Å². The van der Waals surface area contributed by atoms with Gasteiger partial charge < -0.3 is 20.2 Å². The third-order valence-corrected chi connectivity index (χ3v) is 6.60. The molecule has 1 aliphatic rings. The minimum absolute atomic E-state index is 0.175. The predicted molar refractivity (Wildman–Crippen MR) is 133 cm³/mol. The lowest BCUT2D eigenvalue weighted by Crippen LogP contribution is -2.47. The Balaban J connectivity index is 1.61. The number of carbonyl (C=O) groups is 1. The van der Waals surface area contributed by atoms with Crippen molar-refractivity contribution in [3.63, 3.8) is 0 Å². The number of carboxylic acids is 1. The van der Waals surface area contributed by atoms with Crippen LogP contribution in [0.2, 0.25) is 0 Å². The summed E-state index contributed by atoms with van der Waals surface area (Å²) in [5.41, 5.74) is 4.53. The van der Waals surface area contributed by atoms with Gasteiger partial charge in [0.25, 0.3) is 0 Å². The minimum atomic E-state index is -0.957.